The number of aryl methyl sites for hydroxylation is 3. The van der Waals surface area contributed by atoms with E-state index in [9.17, 15) is 4.79 Å². The molecule has 5 nitrogen and oxygen atoms in total. The molecular weight excluding hydrogens is 228 g/mol. The van der Waals surface area contributed by atoms with Crippen LogP contribution in [0.4, 0.5) is 0 Å². The first-order valence-corrected chi connectivity index (χ1v) is 5.46. The molecule has 0 fully saturated rings. The molecule has 2 aromatic heterocycles. The lowest BCUT2D eigenvalue weighted by Gasteiger charge is -1.88. The molecule has 0 unspecified atom stereocenters. The second-order valence-corrected chi connectivity index (χ2v) is 4.58. The highest BCUT2D eigenvalue weighted by Crippen LogP contribution is 2.30. The van der Waals surface area contributed by atoms with Gasteiger partial charge in [0, 0.05) is 0 Å². The number of carbonyl (C=O) groups is 1. The van der Waals surface area contributed by atoms with Crippen molar-refractivity contribution < 1.29 is 14.3 Å². The average Bonchev–Trinajstić information content (AvgIpc) is 2.69. The molecule has 0 saturated heterocycles. The molecule has 16 heavy (non-hydrogen) atoms. The zero-order chi connectivity index (χ0) is 11.9. The van der Waals surface area contributed by atoms with E-state index in [4.69, 9.17) is 9.52 Å². The van der Waals surface area contributed by atoms with E-state index < -0.39 is 5.97 Å². The van der Waals surface area contributed by atoms with Crippen LogP contribution in [0.25, 0.3) is 10.8 Å². The Morgan fingerprint density at radius 2 is 2.00 bits per heavy atom. The lowest BCUT2D eigenvalue weighted by Crippen LogP contribution is -1.98. The summed E-state index contributed by atoms with van der Waals surface area (Å²) in [6, 6.07) is 0. The van der Waals surface area contributed by atoms with E-state index in [0.717, 1.165) is 15.6 Å². The van der Waals surface area contributed by atoms with E-state index in [1.54, 1.807) is 6.92 Å². The van der Waals surface area contributed by atoms with Crippen LogP contribution in [0, 0.1) is 20.8 Å². The third-order valence-electron chi connectivity index (χ3n) is 2.10. The number of rotatable bonds is 2. The van der Waals surface area contributed by atoms with Crippen molar-refractivity contribution in [2.75, 3.05) is 0 Å². The first kappa shape index (κ1) is 10.8. The fourth-order valence-corrected chi connectivity index (χ4v) is 2.27. The fraction of sp³-hybridized carbons (Fsp3) is 0.300. The number of aromatic nitrogens is 2. The number of carboxylic acids is 1. The zero-order valence-corrected chi connectivity index (χ0v) is 9.88. The summed E-state index contributed by atoms with van der Waals surface area (Å²) in [5, 5.41) is 9.77. The van der Waals surface area contributed by atoms with Crippen molar-refractivity contribution >= 4 is 17.3 Å². The number of hydrogen-bond acceptors (Lipinski definition) is 5. The number of carboxylic acid groups (broad SMARTS) is 1. The van der Waals surface area contributed by atoms with Crippen LogP contribution in [0.3, 0.4) is 0 Å². The third-order valence-corrected chi connectivity index (χ3v) is 3.16. The topological polar surface area (TPSA) is 76.2 Å². The number of nitrogens with zero attached hydrogens (tertiary/aromatic N) is 2. The third kappa shape index (κ3) is 1.71. The Balaban J connectivity index is 2.53. The zero-order valence-electron chi connectivity index (χ0n) is 9.07. The first-order valence-electron chi connectivity index (χ1n) is 4.64. The summed E-state index contributed by atoms with van der Waals surface area (Å²) in [5.74, 6) is -0.433. The summed E-state index contributed by atoms with van der Waals surface area (Å²) in [6.07, 6.45) is 0. The number of thiazole rings is 1. The molecule has 0 aromatic carbocycles. The predicted molar refractivity (Wildman–Crippen MR) is 58.8 cm³/mol. The molecule has 0 saturated carbocycles. The molecule has 0 bridgehead atoms. The maximum Gasteiger partial charge on any atom is 0.358 e. The van der Waals surface area contributed by atoms with Gasteiger partial charge in [-0.3, -0.25) is 0 Å². The van der Waals surface area contributed by atoms with Gasteiger partial charge in [-0.1, -0.05) is 0 Å². The van der Waals surface area contributed by atoms with Crippen LogP contribution >= 0.6 is 11.3 Å². The summed E-state index contributed by atoms with van der Waals surface area (Å²) in [6.45, 7) is 5.32. The van der Waals surface area contributed by atoms with E-state index in [0.29, 0.717) is 11.7 Å². The molecule has 2 heterocycles. The Kier molecular flexibility index (Phi) is 2.51. The van der Waals surface area contributed by atoms with Gasteiger partial charge in [0.15, 0.2) is 5.69 Å². The summed E-state index contributed by atoms with van der Waals surface area (Å²) in [7, 11) is 0. The minimum atomic E-state index is -1.08. The lowest BCUT2D eigenvalue weighted by molar-refractivity contribution is 0.0689. The first-order chi connectivity index (χ1) is 7.49. The van der Waals surface area contributed by atoms with Crippen molar-refractivity contribution in [3.05, 3.63) is 22.2 Å². The Bertz CT molecular complexity index is 556. The van der Waals surface area contributed by atoms with Gasteiger partial charge in [0.25, 0.3) is 0 Å². The standard InChI is InChI=1S/C10H10N2O3S/c1-4-8(16-6(3)11-4)9-12-7(10(13)14)5(2)15-9/h1-3H3,(H,13,14). The monoisotopic (exact) mass is 238 g/mol. The van der Waals surface area contributed by atoms with Crippen LogP contribution in [-0.2, 0) is 0 Å². The molecule has 1 N–H and O–H groups in total. The molecule has 0 spiro atoms. The normalized spacial score (nSPS) is 10.7. The molecule has 0 atom stereocenters. The molecule has 0 amide bonds. The van der Waals surface area contributed by atoms with Gasteiger partial charge in [-0.25, -0.2) is 14.8 Å². The van der Waals surface area contributed by atoms with Gasteiger partial charge in [0.05, 0.1) is 10.7 Å². The number of oxazole rings is 1. The van der Waals surface area contributed by atoms with Gasteiger partial charge in [0.2, 0.25) is 5.89 Å². The van der Waals surface area contributed by atoms with Crippen LogP contribution in [0.1, 0.15) is 27.0 Å². The van der Waals surface area contributed by atoms with E-state index >= 15 is 0 Å². The maximum absolute atomic E-state index is 10.8. The van der Waals surface area contributed by atoms with Gasteiger partial charge in [0.1, 0.15) is 10.6 Å². The Labute approximate surface area is 95.8 Å². The Hall–Kier alpha value is -1.69. The quantitative estimate of drug-likeness (QED) is 0.869. The Morgan fingerprint density at radius 1 is 1.31 bits per heavy atom. The molecule has 84 valence electrons. The molecule has 0 aliphatic rings. The maximum atomic E-state index is 10.8. The second kappa shape index (κ2) is 3.71. The van der Waals surface area contributed by atoms with Crippen molar-refractivity contribution in [3.8, 4) is 10.8 Å². The minimum absolute atomic E-state index is 0.0412. The molecule has 6 heteroatoms. The number of hydrogen-bond donors (Lipinski definition) is 1. The summed E-state index contributed by atoms with van der Waals surface area (Å²) < 4.78 is 5.33. The summed E-state index contributed by atoms with van der Waals surface area (Å²) in [4.78, 5) is 19.8. The van der Waals surface area contributed by atoms with Crippen LogP contribution in [0.15, 0.2) is 4.42 Å². The van der Waals surface area contributed by atoms with Crippen LogP contribution in [0.2, 0.25) is 0 Å². The van der Waals surface area contributed by atoms with E-state index in [-0.39, 0.29) is 5.69 Å². The predicted octanol–water partition coefficient (Wildman–Crippen LogP) is 2.42. The van der Waals surface area contributed by atoms with Gasteiger partial charge in [-0.05, 0) is 20.8 Å². The number of aromatic carboxylic acids is 1. The Morgan fingerprint density at radius 3 is 2.44 bits per heavy atom. The van der Waals surface area contributed by atoms with Gasteiger partial charge >= 0.3 is 5.97 Å². The van der Waals surface area contributed by atoms with Crippen LogP contribution in [0.5, 0.6) is 0 Å². The van der Waals surface area contributed by atoms with E-state index in [2.05, 4.69) is 9.97 Å². The van der Waals surface area contributed by atoms with Crippen LogP contribution < -0.4 is 0 Å². The minimum Gasteiger partial charge on any atom is -0.476 e. The van der Waals surface area contributed by atoms with Crippen molar-refractivity contribution in [1.29, 1.82) is 0 Å². The van der Waals surface area contributed by atoms with Crippen molar-refractivity contribution in [3.63, 3.8) is 0 Å². The smallest absolute Gasteiger partial charge is 0.358 e. The van der Waals surface area contributed by atoms with E-state index in [1.165, 1.54) is 11.3 Å². The highest BCUT2D eigenvalue weighted by molar-refractivity contribution is 7.15. The fourth-order valence-electron chi connectivity index (χ4n) is 1.42. The van der Waals surface area contributed by atoms with Gasteiger partial charge in [-0.2, -0.15) is 0 Å². The van der Waals surface area contributed by atoms with Gasteiger partial charge < -0.3 is 9.52 Å². The lowest BCUT2D eigenvalue weighted by atomic mass is 10.4. The van der Waals surface area contributed by atoms with Gasteiger partial charge in [-0.15, -0.1) is 11.3 Å². The average molecular weight is 238 g/mol. The van der Waals surface area contributed by atoms with E-state index in [1.807, 2.05) is 13.8 Å². The molecule has 0 aliphatic carbocycles. The molecule has 2 aromatic rings. The SMILES string of the molecule is Cc1nc(C)c(-c2nc(C(=O)O)c(C)o2)s1. The van der Waals surface area contributed by atoms with Crippen LogP contribution in [-0.4, -0.2) is 21.0 Å². The largest absolute Gasteiger partial charge is 0.476 e. The second-order valence-electron chi connectivity index (χ2n) is 3.38. The summed E-state index contributed by atoms with van der Waals surface area (Å²) >= 11 is 1.44. The molecule has 0 aliphatic heterocycles. The highest BCUT2D eigenvalue weighted by atomic mass is 32.1. The molecule has 2 rings (SSSR count). The highest BCUT2D eigenvalue weighted by Gasteiger charge is 2.19. The van der Waals surface area contributed by atoms with Crippen molar-refractivity contribution in [2.24, 2.45) is 0 Å². The summed E-state index contributed by atoms with van der Waals surface area (Å²) in [5.41, 5.74) is 0.765. The van der Waals surface area contributed by atoms with Crippen molar-refractivity contribution in [2.45, 2.75) is 20.8 Å². The molecular formula is C10H10N2O3S. The molecule has 0 radical (unpaired) electrons. The van der Waals surface area contributed by atoms with Crippen molar-refractivity contribution in [1.82, 2.24) is 9.97 Å².